The van der Waals surface area contributed by atoms with Crippen LogP contribution in [0.3, 0.4) is 0 Å². The highest BCUT2D eigenvalue weighted by Gasteiger charge is 2.08. The number of carbonyl (C=O) groups is 1. The minimum absolute atomic E-state index is 0.287. The van der Waals surface area contributed by atoms with E-state index in [4.69, 9.17) is 11.6 Å². The molecule has 0 N–H and O–H groups in total. The SMILES string of the molecule is O=Cc1nc2ccc(Cl)cc2c2ccnn12. The van der Waals surface area contributed by atoms with Gasteiger partial charge >= 0.3 is 0 Å². The summed E-state index contributed by atoms with van der Waals surface area (Å²) in [6.07, 6.45) is 2.32. The number of rotatable bonds is 1. The lowest BCUT2D eigenvalue weighted by atomic mass is 10.2. The molecule has 4 nitrogen and oxygen atoms in total. The van der Waals surface area contributed by atoms with Gasteiger partial charge in [-0.1, -0.05) is 11.6 Å². The summed E-state index contributed by atoms with van der Waals surface area (Å²) in [5.74, 6) is 0.287. The van der Waals surface area contributed by atoms with Gasteiger partial charge in [0.1, 0.15) is 0 Å². The molecule has 78 valence electrons. The van der Waals surface area contributed by atoms with Crippen molar-refractivity contribution in [3.05, 3.63) is 41.3 Å². The molecule has 3 rings (SSSR count). The Kier molecular flexibility index (Phi) is 1.91. The van der Waals surface area contributed by atoms with Crippen LogP contribution in [0.5, 0.6) is 0 Å². The second-order valence-corrected chi connectivity index (χ2v) is 3.81. The summed E-state index contributed by atoms with van der Waals surface area (Å²) >= 11 is 5.93. The second kappa shape index (κ2) is 3.28. The van der Waals surface area contributed by atoms with E-state index in [-0.39, 0.29) is 5.82 Å². The molecule has 0 unspecified atom stereocenters. The first-order valence-corrected chi connectivity index (χ1v) is 5.05. The molecule has 3 aromatic rings. The van der Waals surface area contributed by atoms with Gasteiger partial charge in [0.2, 0.25) is 0 Å². The van der Waals surface area contributed by atoms with Gasteiger partial charge in [0.25, 0.3) is 0 Å². The highest BCUT2D eigenvalue weighted by atomic mass is 35.5. The number of carbonyl (C=O) groups excluding carboxylic acids is 1. The Hall–Kier alpha value is -1.94. The zero-order chi connectivity index (χ0) is 11.1. The molecule has 0 aliphatic rings. The second-order valence-electron chi connectivity index (χ2n) is 3.38. The Morgan fingerprint density at radius 1 is 1.31 bits per heavy atom. The Morgan fingerprint density at radius 2 is 2.19 bits per heavy atom. The van der Waals surface area contributed by atoms with Crippen molar-refractivity contribution >= 4 is 34.3 Å². The molecule has 0 atom stereocenters. The molecular weight excluding hydrogens is 226 g/mol. The standard InChI is InChI=1S/C11H6ClN3O/c12-7-1-2-9-8(5-7)10-3-4-13-15(10)11(6-16)14-9/h1-6H. The fraction of sp³-hybridized carbons (Fsp3) is 0. The van der Waals surface area contributed by atoms with E-state index in [1.54, 1.807) is 18.3 Å². The fourth-order valence-corrected chi connectivity index (χ4v) is 1.92. The molecule has 1 aromatic carbocycles. The molecule has 0 saturated carbocycles. The van der Waals surface area contributed by atoms with Crippen LogP contribution in [0.15, 0.2) is 30.5 Å². The van der Waals surface area contributed by atoms with E-state index in [0.717, 1.165) is 16.4 Å². The van der Waals surface area contributed by atoms with Gasteiger partial charge in [0, 0.05) is 10.4 Å². The van der Waals surface area contributed by atoms with Crippen molar-refractivity contribution < 1.29 is 4.79 Å². The molecule has 0 fully saturated rings. The maximum absolute atomic E-state index is 10.9. The summed E-state index contributed by atoms with van der Waals surface area (Å²) in [5.41, 5.74) is 1.56. The van der Waals surface area contributed by atoms with Gasteiger partial charge in [0.05, 0.1) is 17.2 Å². The Bertz CT molecular complexity index is 705. The monoisotopic (exact) mass is 231 g/mol. The van der Waals surface area contributed by atoms with Crippen LogP contribution >= 0.6 is 11.6 Å². The van der Waals surface area contributed by atoms with Crippen molar-refractivity contribution in [2.75, 3.05) is 0 Å². The van der Waals surface area contributed by atoms with Gasteiger partial charge in [-0.15, -0.1) is 0 Å². The van der Waals surface area contributed by atoms with Gasteiger partial charge in [0.15, 0.2) is 12.1 Å². The highest BCUT2D eigenvalue weighted by Crippen LogP contribution is 2.22. The fourth-order valence-electron chi connectivity index (χ4n) is 1.75. The quantitative estimate of drug-likeness (QED) is 0.604. The molecule has 2 aromatic heterocycles. The van der Waals surface area contributed by atoms with Crippen LogP contribution in [-0.2, 0) is 0 Å². The number of hydrogen-bond acceptors (Lipinski definition) is 3. The van der Waals surface area contributed by atoms with Crippen LogP contribution < -0.4 is 0 Å². The number of benzene rings is 1. The van der Waals surface area contributed by atoms with E-state index in [1.165, 1.54) is 4.52 Å². The third kappa shape index (κ3) is 1.20. The third-order valence-corrected chi connectivity index (χ3v) is 2.67. The van der Waals surface area contributed by atoms with Crippen molar-refractivity contribution in [1.82, 2.24) is 14.6 Å². The van der Waals surface area contributed by atoms with Gasteiger partial charge in [-0.25, -0.2) is 9.50 Å². The van der Waals surface area contributed by atoms with E-state index in [0.29, 0.717) is 11.3 Å². The van der Waals surface area contributed by atoms with Crippen LogP contribution in [-0.4, -0.2) is 20.9 Å². The Labute approximate surface area is 95.5 Å². The summed E-state index contributed by atoms with van der Waals surface area (Å²) in [5, 5.41) is 5.57. The van der Waals surface area contributed by atoms with Gasteiger partial charge < -0.3 is 0 Å². The van der Waals surface area contributed by atoms with Crippen LogP contribution in [0.25, 0.3) is 16.4 Å². The van der Waals surface area contributed by atoms with Gasteiger partial charge in [-0.05, 0) is 24.3 Å². The molecule has 5 heteroatoms. The normalized spacial score (nSPS) is 11.1. The third-order valence-electron chi connectivity index (χ3n) is 2.43. The van der Waals surface area contributed by atoms with Crippen molar-refractivity contribution in [3.8, 4) is 0 Å². The molecule has 16 heavy (non-hydrogen) atoms. The van der Waals surface area contributed by atoms with Crippen LogP contribution in [0.4, 0.5) is 0 Å². The lowest BCUT2D eigenvalue weighted by Gasteiger charge is -2.03. The van der Waals surface area contributed by atoms with E-state index < -0.39 is 0 Å². The van der Waals surface area contributed by atoms with E-state index in [9.17, 15) is 4.79 Å². The number of hydrogen-bond donors (Lipinski definition) is 0. The summed E-state index contributed by atoms with van der Waals surface area (Å²) in [6.45, 7) is 0. The van der Waals surface area contributed by atoms with Gasteiger partial charge in [-0.2, -0.15) is 5.10 Å². The Balaban J connectivity index is 2.59. The molecule has 0 spiro atoms. The minimum atomic E-state index is 0.287. The first-order chi connectivity index (χ1) is 7.79. The molecule has 0 saturated heterocycles. The van der Waals surface area contributed by atoms with Crippen LogP contribution in [0.2, 0.25) is 5.02 Å². The Morgan fingerprint density at radius 3 is 3.00 bits per heavy atom. The van der Waals surface area contributed by atoms with E-state index in [2.05, 4.69) is 10.1 Å². The molecule has 0 aliphatic carbocycles. The highest BCUT2D eigenvalue weighted by molar-refractivity contribution is 6.31. The first-order valence-electron chi connectivity index (χ1n) is 4.68. The lowest BCUT2D eigenvalue weighted by Crippen LogP contribution is -2.01. The number of aromatic nitrogens is 3. The van der Waals surface area contributed by atoms with Crippen LogP contribution in [0, 0.1) is 0 Å². The smallest absolute Gasteiger partial charge is 0.195 e. The van der Waals surface area contributed by atoms with Crippen LogP contribution in [0.1, 0.15) is 10.6 Å². The predicted molar refractivity (Wildman–Crippen MR) is 60.9 cm³/mol. The first kappa shape index (κ1) is 9.30. The largest absolute Gasteiger partial charge is 0.294 e. The molecule has 0 bridgehead atoms. The average molecular weight is 232 g/mol. The molecule has 0 radical (unpaired) electrons. The van der Waals surface area contributed by atoms with Crippen molar-refractivity contribution in [2.45, 2.75) is 0 Å². The van der Waals surface area contributed by atoms with Crippen molar-refractivity contribution in [2.24, 2.45) is 0 Å². The summed E-state index contributed by atoms with van der Waals surface area (Å²) in [4.78, 5) is 15.1. The zero-order valence-corrected chi connectivity index (χ0v) is 8.85. The zero-order valence-electron chi connectivity index (χ0n) is 8.09. The van der Waals surface area contributed by atoms with E-state index >= 15 is 0 Å². The lowest BCUT2D eigenvalue weighted by molar-refractivity contribution is 0.111. The van der Waals surface area contributed by atoms with Crippen molar-refractivity contribution in [1.29, 1.82) is 0 Å². The molecule has 0 amide bonds. The number of halogens is 1. The average Bonchev–Trinajstić information content (AvgIpc) is 2.77. The summed E-state index contributed by atoms with van der Waals surface area (Å²) in [7, 11) is 0. The maximum atomic E-state index is 10.9. The maximum Gasteiger partial charge on any atom is 0.195 e. The number of nitrogens with zero attached hydrogens (tertiary/aromatic N) is 3. The van der Waals surface area contributed by atoms with Crippen molar-refractivity contribution in [3.63, 3.8) is 0 Å². The summed E-state index contributed by atoms with van der Waals surface area (Å²) in [6, 6.07) is 7.18. The topological polar surface area (TPSA) is 47.3 Å². The van der Waals surface area contributed by atoms with Gasteiger partial charge in [-0.3, -0.25) is 4.79 Å². The van der Waals surface area contributed by atoms with E-state index in [1.807, 2.05) is 12.1 Å². The predicted octanol–water partition coefficient (Wildman–Crippen LogP) is 2.35. The summed E-state index contributed by atoms with van der Waals surface area (Å²) < 4.78 is 1.51. The number of fused-ring (bicyclic) bond motifs is 3. The molecule has 2 heterocycles. The molecular formula is C11H6ClN3O. The number of aldehydes is 1. The minimum Gasteiger partial charge on any atom is -0.294 e. The molecule has 0 aliphatic heterocycles.